The highest BCUT2D eigenvalue weighted by Crippen LogP contribution is 2.31. The van der Waals surface area contributed by atoms with Crippen LogP contribution in [0.15, 0.2) is 34.8 Å². The lowest BCUT2D eigenvalue weighted by atomic mass is 10.2. The zero-order valence-electron chi connectivity index (χ0n) is 9.29. The number of halogens is 3. The van der Waals surface area contributed by atoms with Crippen LogP contribution in [0.5, 0.6) is 0 Å². The summed E-state index contributed by atoms with van der Waals surface area (Å²) in [6.07, 6.45) is 0. The molecule has 1 heterocycles. The highest BCUT2D eigenvalue weighted by Gasteiger charge is 2.12. The van der Waals surface area contributed by atoms with Gasteiger partial charge in [0.2, 0.25) is 0 Å². The van der Waals surface area contributed by atoms with Gasteiger partial charge in [-0.1, -0.05) is 23.2 Å². The third-order valence-corrected chi connectivity index (χ3v) is 4.99. The number of hydrogen-bond donors (Lipinski definition) is 2. The molecule has 0 aliphatic heterocycles. The van der Waals surface area contributed by atoms with E-state index in [4.69, 9.17) is 28.9 Å². The van der Waals surface area contributed by atoms with Gasteiger partial charge in [-0.25, -0.2) is 0 Å². The summed E-state index contributed by atoms with van der Waals surface area (Å²) in [6.45, 7) is 0.497. The van der Waals surface area contributed by atoms with E-state index in [2.05, 4.69) is 21.2 Å². The molecule has 0 saturated carbocycles. The van der Waals surface area contributed by atoms with Crippen LogP contribution in [0.1, 0.15) is 10.9 Å². The molecule has 6 heteroatoms. The quantitative estimate of drug-likeness (QED) is 0.806. The zero-order chi connectivity index (χ0) is 13.1. The number of rotatable bonds is 4. The van der Waals surface area contributed by atoms with Crippen molar-refractivity contribution < 1.29 is 0 Å². The molecule has 0 aliphatic rings. The fourth-order valence-corrected chi connectivity index (χ4v) is 3.17. The Morgan fingerprint density at radius 2 is 2.06 bits per heavy atom. The molecule has 0 radical (unpaired) electrons. The van der Waals surface area contributed by atoms with Gasteiger partial charge in [-0.05, 0) is 46.3 Å². The van der Waals surface area contributed by atoms with Crippen molar-refractivity contribution in [2.75, 3.05) is 11.9 Å². The summed E-state index contributed by atoms with van der Waals surface area (Å²) < 4.78 is 1.62. The Morgan fingerprint density at radius 1 is 1.28 bits per heavy atom. The van der Waals surface area contributed by atoms with Gasteiger partial charge in [0.05, 0.1) is 15.4 Å². The molecule has 1 atom stereocenters. The first kappa shape index (κ1) is 14.2. The maximum absolute atomic E-state index is 5.96. The Labute approximate surface area is 128 Å². The monoisotopic (exact) mass is 364 g/mol. The third kappa shape index (κ3) is 3.39. The Morgan fingerprint density at radius 3 is 2.61 bits per heavy atom. The van der Waals surface area contributed by atoms with Gasteiger partial charge in [-0.2, -0.15) is 0 Å². The van der Waals surface area contributed by atoms with E-state index in [0.29, 0.717) is 11.6 Å². The minimum absolute atomic E-state index is 0.0515. The van der Waals surface area contributed by atoms with Gasteiger partial charge >= 0.3 is 0 Å². The van der Waals surface area contributed by atoms with Crippen LogP contribution >= 0.6 is 50.5 Å². The van der Waals surface area contributed by atoms with Crippen LogP contribution in [0.25, 0.3) is 0 Å². The highest BCUT2D eigenvalue weighted by molar-refractivity contribution is 9.10. The first-order valence-corrected chi connectivity index (χ1v) is 7.63. The molecule has 0 bridgehead atoms. The second-order valence-corrected chi connectivity index (χ2v) is 6.71. The van der Waals surface area contributed by atoms with Crippen LogP contribution in [0.2, 0.25) is 9.36 Å². The second-order valence-electron chi connectivity index (χ2n) is 3.70. The van der Waals surface area contributed by atoms with Crippen molar-refractivity contribution in [1.82, 2.24) is 0 Å². The summed E-state index contributed by atoms with van der Waals surface area (Å²) in [4.78, 5) is 1.12. The summed E-state index contributed by atoms with van der Waals surface area (Å²) in [6, 6.07) is 9.61. The van der Waals surface area contributed by atoms with Gasteiger partial charge in [-0.15, -0.1) is 11.3 Å². The first-order chi connectivity index (χ1) is 8.60. The maximum Gasteiger partial charge on any atom is 0.0932 e. The van der Waals surface area contributed by atoms with Crippen molar-refractivity contribution >= 4 is 56.2 Å². The predicted octanol–water partition coefficient (Wildman–Crippen LogP) is 4.93. The Kier molecular flexibility index (Phi) is 4.92. The van der Waals surface area contributed by atoms with Crippen molar-refractivity contribution in [1.29, 1.82) is 0 Å². The molecule has 2 rings (SSSR count). The van der Waals surface area contributed by atoms with Gasteiger partial charge in [0.1, 0.15) is 0 Å². The van der Waals surface area contributed by atoms with Crippen LogP contribution in [-0.4, -0.2) is 6.54 Å². The molecule has 0 aliphatic carbocycles. The molecule has 1 unspecified atom stereocenters. The number of benzene rings is 1. The average Bonchev–Trinajstić information content (AvgIpc) is 2.77. The van der Waals surface area contributed by atoms with E-state index in [-0.39, 0.29) is 6.04 Å². The van der Waals surface area contributed by atoms with E-state index in [1.165, 1.54) is 11.3 Å². The van der Waals surface area contributed by atoms with Gasteiger partial charge in [0, 0.05) is 21.6 Å². The second kappa shape index (κ2) is 6.26. The topological polar surface area (TPSA) is 38.0 Å². The molecule has 0 amide bonds. The lowest BCUT2D eigenvalue weighted by molar-refractivity contribution is 0.806. The average molecular weight is 366 g/mol. The smallest absolute Gasteiger partial charge is 0.0932 e. The molecule has 2 aromatic rings. The minimum Gasteiger partial charge on any atom is -0.376 e. The summed E-state index contributed by atoms with van der Waals surface area (Å²) in [5, 5.41) is 4.05. The Balaban J connectivity index is 2.17. The Hall–Kier alpha value is -0.260. The molecule has 0 spiro atoms. The van der Waals surface area contributed by atoms with Crippen molar-refractivity contribution in [3.8, 4) is 0 Å². The van der Waals surface area contributed by atoms with E-state index in [0.717, 1.165) is 19.4 Å². The first-order valence-electron chi connectivity index (χ1n) is 5.27. The predicted molar refractivity (Wildman–Crippen MR) is 83.9 cm³/mol. The van der Waals surface area contributed by atoms with Crippen LogP contribution in [0, 0.1) is 0 Å². The molecule has 1 aromatic carbocycles. The molecule has 3 N–H and O–H groups in total. The summed E-state index contributed by atoms with van der Waals surface area (Å²) in [7, 11) is 0. The van der Waals surface area contributed by atoms with Crippen molar-refractivity contribution in [2.45, 2.75) is 6.04 Å². The number of nitrogens with two attached hydrogens (primary N) is 1. The number of anilines is 1. The minimum atomic E-state index is 0.0515. The molecular formula is C12H11BrCl2N2S. The lowest BCUT2D eigenvalue weighted by Gasteiger charge is -2.17. The maximum atomic E-state index is 5.96. The highest BCUT2D eigenvalue weighted by atomic mass is 79.9. The van der Waals surface area contributed by atoms with E-state index < -0.39 is 0 Å². The van der Waals surface area contributed by atoms with Gasteiger partial charge in [0.25, 0.3) is 0 Å². The van der Waals surface area contributed by atoms with E-state index in [1.807, 2.05) is 30.3 Å². The largest absolute Gasteiger partial charge is 0.376 e. The zero-order valence-corrected chi connectivity index (χ0v) is 13.2. The van der Waals surface area contributed by atoms with Crippen LogP contribution in [-0.2, 0) is 0 Å². The van der Waals surface area contributed by atoms with E-state index in [1.54, 1.807) is 0 Å². The van der Waals surface area contributed by atoms with Gasteiger partial charge in [-0.3, -0.25) is 0 Å². The molecular weight excluding hydrogens is 355 g/mol. The standard InChI is InChI=1S/C12H11BrCl2N2S/c13-8-5-7(1-2-9(8)14)17-10(6-16)11-3-4-12(15)18-11/h1-5,10,17H,6,16H2. The molecule has 1 aromatic heterocycles. The third-order valence-electron chi connectivity index (χ3n) is 2.43. The Bertz CT molecular complexity index is 545. The molecule has 18 heavy (non-hydrogen) atoms. The molecule has 96 valence electrons. The van der Waals surface area contributed by atoms with Crippen LogP contribution in [0.3, 0.4) is 0 Å². The summed E-state index contributed by atoms with van der Waals surface area (Å²) in [5.41, 5.74) is 6.76. The lowest BCUT2D eigenvalue weighted by Crippen LogP contribution is -2.19. The normalized spacial score (nSPS) is 12.4. The van der Waals surface area contributed by atoms with Crippen LogP contribution in [0.4, 0.5) is 5.69 Å². The van der Waals surface area contributed by atoms with Gasteiger partial charge in [0.15, 0.2) is 0 Å². The number of hydrogen-bond acceptors (Lipinski definition) is 3. The fourth-order valence-electron chi connectivity index (χ4n) is 1.55. The molecule has 0 fully saturated rings. The van der Waals surface area contributed by atoms with E-state index >= 15 is 0 Å². The summed E-state index contributed by atoms with van der Waals surface area (Å²) >= 11 is 16.8. The number of nitrogens with one attached hydrogen (secondary N) is 1. The molecule has 2 nitrogen and oxygen atoms in total. The van der Waals surface area contributed by atoms with Gasteiger partial charge < -0.3 is 11.1 Å². The van der Waals surface area contributed by atoms with Crippen molar-refractivity contribution in [3.05, 3.63) is 49.0 Å². The van der Waals surface area contributed by atoms with Crippen molar-refractivity contribution in [2.24, 2.45) is 5.73 Å². The SMILES string of the molecule is NCC(Nc1ccc(Cl)c(Br)c1)c1ccc(Cl)s1. The fraction of sp³-hybridized carbons (Fsp3) is 0.167. The molecule has 0 saturated heterocycles. The van der Waals surface area contributed by atoms with Crippen LogP contribution < -0.4 is 11.1 Å². The van der Waals surface area contributed by atoms with E-state index in [9.17, 15) is 0 Å². The number of thiophene rings is 1. The van der Waals surface area contributed by atoms with Crippen molar-refractivity contribution in [3.63, 3.8) is 0 Å². The summed E-state index contributed by atoms with van der Waals surface area (Å²) in [5.74, 6) is 0.